The van der Waals surface area contributed by atoms with E-state index in [1.54, 1.807) is 6.92 Å². The highest BCUT2D eigenvalue weighted by molar-refractivity contribution is 6.31. The summed E-state index contributed by atoms with van der Waals surface area (Å²) in [4.78, 5) is 15.6. The number of ether oxygens (including phenoxy) is 1. The van der Waals surface area contributed by atoms with Crippen LogP contribution < -0.4 is 0 Å². The van der Waals surface area contributed by atoms with E-state index in [1.165, 1.54) is 6.21 Å². The van der Waals surface area contributed by atoms with Crippen molar-refractivity contribution in [3.05, 3.63) is 34.9 Å². The highest BCUT2D eigenvalue weighted by Crippen LogP contribution is 2.30. The summed E-state index contributed by atoms with van der Waals surface area (Å²) in [6, 6.07) is 7.40. The number of esters is 1. The summed E-state index contributed by atoms with van der Waals surface area (Å²) in [5, 5.41) is 0.664. The molecule has 0 heterocycles. The van der Waals surface area contributed by atoms with Crippen LogP contribution in [0.5, 0.6) is 0 Å². The fourth-order valence-electron chi connectivity index (χ4n) is 1.65. The van der Waals surface area contributed by atoms with Gasteiger partial charge in [0.25, 0.3) is 0 Å². The van der Waals surface area contributed by atoms with Gasteiger partial charge in [-0.05, 0) is 24.5 Å². The zero-order valence-electron chi connectivity index (χ0n) is 10.9. The van der Waals surface area contributed by atoms with Gasteiger partial charge in [-0.15, -0.1) is 0 Å². The van der Waals surface area contributed by atoms with Crippen LogP contribution in [0.15, 0.2) is 29.3 Å². The number of halogens is 1. The van der Waals surface area contributed by atoms with Crippen molar-refractivity contribution in [3.8, 4) is 0 Å². The van der Waals surface area contributed by atoms with E-state index in [-0.39, 0.29) is 12.0 Å². The molecule has 4 heteroatoms. The van der Waals surface area contributed by atoms with E-state index in [9.17, 15) is 4.79 Å². The number of rotatable bonds is 5. The van der Waals surface area contributed by atoms with Crippen LogP contribution in [0.2, 0.25) is 5.02 Å². The molecule has 0 aliphatic rings. The van der Waals surface area contributed by atoms with Gasteiger partial charge in [0.05, 0.1) is 12.6 Å². The Morgan fingerprint density at radius 2 is 2.11 bits per heavy atom. The molecule has 3 nitrogen and oxygen atoms in total. The predicted molar refractivity (Wildman–Crippen MR) is 74.2 cm³/mol. The molecule has 0 fully saturated rings. The molecule has 1 aromatic rings. The number of nitrogens with zero attached hydrogens (tertiary/aromatic N) is 1. The summed E-state index contributed by atoms with van der Waals surface area (Å²) in [6.45, 7) is 6.19. The minimum atomic E-state index is -0.421. The maximum absolute atomic E-state index is 11.3. The van der Waals surface area contributed by atoms with E-state index in [0.29, 0.717) is 11.6 Å². The Hall–Kier alpha value is -1.35. The van der Waals surface area contributed by atoms with Gasteiger partial charge in [-0.3, -0.25) is 4.99 Å². The number of hydrogen-bond acceptors (Lipinski definition) is 3. The van der Waals surface area contributed by atoms with Crippen molar-refractivity contribution in [2.24, 2.45) is 10.9 Å². The molecule has 0 unspecified atom stereocenters. The minimum Gasteiger partial charge on any atom is -0.462 e. The topological polar surface area (TPSA) is 38.7 Å². The lowest BCUT2D eigenvalue weighted by atomic mass is 9.97. The lowest BCUT2D eigenvalue weighted by molar-refractivity contribution is -0.134. The van der Waals surface area contributed by atoms with Crippen LogP contribution in [0.1, 0.15) is 32.4 Å². The quantitative estimate of drug-likeness (QED) is 0.603. The standard InChI is InChI=1S/C14H18ClNO2/c1-4-18-13(17)9-16-14(10(2)3)11-7-5-6-8-12(11)15/h5-10,14H,4H2,1-3H3/t14-/m0/s1. The fraction of sp³-hybridized carbons (Fsp3) is 0.429. The molecular weight excluding hydrogens is 250 g/mol. The molecule has 0 bridgehead atoms. The Balaban J connectivity index is 2.91. The Morgan fingerprint density at radius 3 is 2.67 bits per heavy atom. The maximum atomic E-state index is 11.3. The zero-order chi connectivity index (χ0) is 13.5. The van der Waals surface area contributed by atoms with E-state index in [1.807, 2.05) is 38.1 Å². The van der Waals surface area contributed by atoms with E-state index in [4.69, 9.17) is 16.3 Å². The molecule has 0 aliphatic carbocycles. The molecule has 0 N–H and O–H groups in total. The third kappa shape index (κ3) is 4.15. The Labute approximate surface area is 113 Å². The molecule has 0 amide bonds. The van der Waals surface area contributed by atoms with Crippen LogP contribution in [0.25, 0.3) is 0 Å². The van der Waals surface area contributed by atoms with Crippen LogP contribution in [-0.4, -0.2) is 18.8 Å². The van der Waals surface area contributed by atoms with Crippen LogP contribution in [0.4, 0.5) is 0 Å². The molecule has 0 radical (unpaired) electrons. The molecule has 1 atom stereocenters. The molecule has 98 valence electrons. The second-order valence-corrected chi connectivity index (χ2v) is 4.65. The number of benzene rings is 1. The van der Waals surface area contributed by atoms with Crippen LogP contribution in [0.3, 0.4) is 0 Å². The molecule has 1 aromatic carbocycles. The first kappa shape index (κ1) is 14.7. The normalized spacial score (nSPS) is 12.9. The number of carbonyl (C=O) groups excluding carboxylic acids is 1. The van der Waals surface area contributed by atoms with Crippen molar-refractivity contribution in [3.63, 3.8) is 0 Å². The summed E-state index contributed by atoms with van der Waals surface area (Å²) >= 11 is 6.15. The van der Waals surface area contributed by atoms with Crippen molar-refractivity contribution in [1.82, 2.24) is 0 Å². The van der Waals surface area contributed by atoms with E-state index >= 15 is 0 Å². The smallest absolute Gasteiger partial charge is 0.348 e. The second-order valence-electron chi connectivity index (χ2n) is 4.24. The van der Waals surface area contributed by atoms with Gasteiger partial charge in [-0.1, -0.05) is 43.6 Å². The average Bonchev–Trinajstić information content (AvgIpc) is 2.31. The van der Waals surface area contributed by atoms with Crippen molar-refractivity contribution in [2.75, 3.05) is 6.61 Å². The highest BCUT2D eigenvalue weighted by atomic mass is 35.5. The van der Waals surface area contributed by atoms with E-state index in [2.05, 4.69) is 4.99 Å². The third-order valence-corrected chi connectivity index (χ3v) is 2.83. The molecule has 1 rings (SSSR count). The van der Waals surface area contributed by atoms with Gasteiger partial charge in [0, 0.05) is 5.02 Å². The van der Waals surface area contributed by atoms with E-state index in [0.717, 1.165) is 5.56 Å². The Kier molecular flexibility index (Phi) is 5.86. The summed E-state index contributed by atoms with van der Waals surface area (Å²) in [5.41, 5.74) is 0.926. The first-order valence-electron chi connectivity index (χ1n) is 6.00. The van der Waals surface area contributed by atoms with Crippen molar-refractivity contribution in [1.29, 1.82) is 0 Å². The lowest BCUT2D eigenvalue weighted by Crippen LogP contribution is -2.10. The van der Waals surface area contributed by atoms with Gasteiger partial charge in [0.1, 0.15) is 6.21 Å². The zero-order valence-corrected chi connectivity index (χ0v) is 11.6. The van der Waals surface area contributed by atoms with Gasteiger partial charge in [0.2, 0.25) is 0 Å². The lowest BCUT2D eigenvalue weighted by Gasteiger charge is -2.17. The fourth-order valence-corrected chi connectivity index (χ4v) is 1.89. The summed E-state index contributed by atoms with van der Waals surface area (Å²) in [5.74, 6) is -0.175. The molecule has 0 saturated heterocycles. The van der Waals surface area contributed by atoms with Crippen molar-refractivity contribution < 1.29 is 9.53 Å². The molecule has 18 heavy (non-hydrogen) atoms. The average molecular weight is 268 g/mol. The molecule has 0 aromatic heterocycles. The van der Waals surface area contributed by atoms with Crippen molar-refractivity contribution >= 4 is 23.8 Å². The van der Waals surface area contributed by atoms with Gasteiger partial charge >= 0.3 is 5.97 Å². The Bertz CT molecular complexity index is 430. The number of aliphatic imine (C=N–C) groups is 1. The van der Waals surface area contributed by atoms with Gasteiger partial charge in [-0.2, -0.15) is 0 Å². The number of hydrogen-bond donors (Lipinski definition) is 0. The van der Waals surface area contributed by atoms with Crippen LogP contribution in [-0.2, 0) is 9.53 Å². The monoisotopic (exact) mass is 267 g/mol. The molecule has 0 spiro atoms. The highest BCUT2D eigenvalue weighted by Gasteiger charge is 2.17. The molecule has 0 saturated carbocycles. The third-order valence-electron chi connectivity index (χ3n) is 2.48. The summed E-state index contributed by atoms with van der Waals surface area (Å²) < 4.78 is 4.82. The molecule has 0 aliphatic heterocycles. The van der Waals surface area contributed by atoms with Crippen LogP contribution in [0, 0.1) is 5.92 Å². The van der Waals surface area contributed by atoms with Gasteiger partial charge in [0.15, 0.2) is 0 Å². The molecular formula is C14H18ClNO2. The Morgan fingerprint density at radius 1 is 1.44 bits per heavy atom. The SMILES string of the molecule is CCOC(=O)C=N[C@H](c1ccccc1Cl)C(C)C. The van der Waals surface area contributed by atoms with E-state index < -0.39 is 5.97 Å². The van der Waals surface area contributed by atoms with Gasteiger partial charge < -0.3 is 4.74 Å². The number of carbonyl (C=O) groups is 1. The first-order valence-corrected chi connectivity index (χ1v) is 6.38. The van der Waals surface area contributed by atoms with Gasteiger partial charge in [-0.25, -0.2) is 4.79 Å². The summed E-state index contributed by atoms with van der Waals surface area (Å²) in [6.07, 6.45) is 1.23. The van der Waals surface area contributed by atoms with Crippen molar-refractivity contribution in [2.45, 2.75) is 26.8 Å². The predicted octanol–water partition coefficient (Wildman–Crippen LogP) is 3.67. The summed E-state index contributed by atoms with van der Waals surface area (Å²) in [7, 11) is 0. The largest absolute Gasteiger partial charge is 0.462 e. The van der Waals surface area contributed by atoms with Crippen LogP contribution >= 0.6 is 11.6 Å². The first-order chi connectivity index (χ1) is 8.56. The maximum Gasteiger partial charge on any atom is 0.348 e. The minimum absolute atomic E-state index is 0.136. The second kappa shape index (κ2) is 7.17.